The molecule has 0 saturated carbocycles. The highest BCUT2D eigenvalue weighted by Gasteiger charge is 2.09. The van der Waals surface area contributed by atoms with Crippen LogP contribution in [0.15, 0.2) is 41.1 Å². The Hall–Kier alpha value is -2.14. The van der Waals surface area contributed by atoms with E-state index in [9.17, 15) is 9.59 Å². The van der Waals surface area contributed by atoms with Gasteiger partial charge in [-0.1, -0.05) is 31.9 Å². The molecule has 0 radical (unpaired) electrons. The van der Waals surface area contributed by atoms with E-state index in [2.05, 4.69) is 17.6 Å². The largest absolute Gasteiger partial charge is 0.355 e. The van der Waals surface area contributed by atoms with Crippen molar-refractivity contribution in [2.45, 2.75) is 26.2 Å². The zero-order valence-electron chi connectivity index (χ0n) is 13.3. The molecular weight excluding hydrogens is 308 g/mol. The molecule has 0 unspecified atom stereocenters. The van der Waals surface area contributed by atoms with Crippen molar-refractivity contribution in [2.75, 3.05) is 13.1 Å². The quantitative estimate of drug-likeness (QED) is 0.728. The molecule has 122 valence electrons. The lowest BCUT2D eigenvalue weighted by molar-refractivity contribution is -0.120. The topological polar surface area (TPSA) is 58.2 Å². The maximum Gasteiger partial charge on any atom is 0.251 e. The molecular formula is C18H22N2O2S. The monoisotopic (exact) mass is 330 g/mol. The first kappa shape index (κ1) is 17.2. The van der Waals surface area contributed by atoms with Crippen LogP contribution in [0.3, 0.4) is 0 Å². The minimum absolute atomic E-state index is 0.00758. The SMILES string of the molecule is CCCCCNC(=O)CNC(=O)c1cccc(-c2ccsc2)c1. The van der Waals surface area contributed by atoms with Crippen LogP contribution >= 0.6 is 11.3 Å². The molecule has 0 atom stereocenters. The number of amides is 2. The summed E-state index contributed by atoms with van der Waals surface area (Å²) in [5.41, 5.74) is 2.66. The summed E-state index contributed by atoms with van der Waals surface area (Å²) in [6.07, 6.45) is 3.19. The second-order valence-corrected chi connectivity index (χ2v) is 6.11. The molecule has 0 aliphatic heterocycles. The molecule has 0 aliphatic carbocycles. The lowest BCUT2D eigenvalue weighted by Gasteiger charge is -2.07. The average molecular weight is 330 g/mol. The van der Waals surface area contributed by atoms with Crippen molar-refractivity contribution >= 4 is 23.2 Å². The fraction of sp³-hybridized carbons (Fsp3) is 0.333. The summed E-state index contributed by atoms with van der Waals surface area (Å²) in [7, 11) is 0. The number of hydrogen-bond acceptors (Lipinski definition) is 3. The van der Waals surface area contributed by atoms with Crippen molar-refractivity contribution in [3.8, 4) is 11.1 Å². The van der Waals surface area contributed by atoms with Crippen LogP contribution < -0.4 is 10.6 Å². The number of benzene rings is 1. The minimum Gasteiger partial charge on any atom is -0.355 e. The average Bonchev–Trinajstić information content (AvgIpc) is 3.11. The van der Waals surface area contributed by atoms with E-state index in [0.717, 1.165) is 30.4 Å². The van der Waals surface area contributed by atoms with Crippen LogP contribution in [0.4, 0.5) is 0 Å². The normalized spacial score (nSPS) is 10.3. The molecule has 1 heterocycles. The number of hydrogen-bond donors (Lipinski definition) is 2. The molecule has 0 spiro atoms. The number of thiophene rings is 1. The van der Waals surface area contributed by atoms with Gasteiger partial charge in [-0.25, -0.2) is 0 Å². The zero-order valence-corrected chi connectivity index (χ0v) is 14.1. The van der Waals surface area contributed by atoms with Crippen molar-refractivity contribution < 1.29 is 9.59 Å². The molecule has 2 rings (SSSR count). The number of nitrogens with one attached hydrogen (secondary N) is 2. The fourth-order valence-corrected chi connectivity index (χ4v) is 2.86. The number of carbonyl (C=O) groups excluding carboxylic acids is 2. The Balaban J connectivity index is 1.84. The second-order valence-electron chi connectivity index (χ2n) is 5.33. The van der Waals surface area contributed by atoms with Gasteiger partial charge >= 0.3 is 0 Å². The fourth-order valence-electron chi connectivity index (χ4n) is 2.20. The maximum absolute atomic E-state index is 12.2. The van der Waals surface area contributed by atoms with Crippen molar-refractivity contribution in [1.29, 1.82) is 0 Å². The Labute approximate surface area is 140 Å². The minimum atomic E-state index is -0.231. The van der Waals surface area contributed by atoms with Crippen LogP contribution in [0.1, 0.15) is 36.5 Å². The Morgan fingerprint density at radius 3 is 2.70 bits per heavy atom. The highest BCUT2D eigenvalue weighted by molar-refractivity contribution is 7.08. The lowest BCUT2D eigenvalue weighted by Crippen LogP contribution is -2.37. The molecule has 0 fully saturated rings. The third kappa shape index (κ3) is 5.53. The Morgan fingerprint density at radius 2 is 1.96 bits per heavy atom. The first-order valence-electron chi connectivity index (χ1n) is 7.88. The second kappa shape index (κ2) is 9.10. The van der Waals surface area contributed by atoms with E-state index in [1.807, 2.05) is 35.0 Å². The van der Waals surface area contributed by atoms with Gasteiger partial charge in [-0.2, -0.15) is 11.3 Å². The first-order valence-corrected chi connectivity index (χ1v) is 8.82. The van der Waals surface area contributed by atoms with E-state index in [-0.39, 0.29) is 18.4 Å². The maximum atomic E-state index is 12.2. The number of unbranched alkanes of at least 4 members (excludes halogenated alkanes) is 2. The molecule has 0 saturated heterocycles. The Bertz CT molecular complexity index is 638. The van der Waals surface area contributed by atoms with Gasteiger partial charge in [0.25, 0.3) is 5.91 Å². The highest BCUT2D eigenvalue weighted by Crippen LogP contribution is 2.22. The van der Waals surface area contributed by atoms with Crippen LogP contribution in [0.2, 0.25) is 0 Å². The van der Waals surface area contributed by atoms with Gasteiger partial charge in [0.2, 0.25) is 5.91 Å². The van der Waals surface area contributed by atoms with Crippen LogP contribution in [0.25, 0.3) is 11.1 Å². The molecule has 2 N–H and O–H groups in total. The lowest BCUT2D eigenvalue weighted by atomic mass is 10.1. The third-order valence-corrected chi connectivity index (χ3v) is 4.17. The van der Waals surface area contributed by atoms with Gasteiger partial charge in [-0.15, -0.1) is 0 Å². The van der Waals surface area contributed by atoms with Gasteiger partial charge in [0.05, 0.1) is 6.54 Å². The van der Waals surface area contributed by atoms with E-state index in [4.69, 9.17) is 0 Å². The summed E-state index contributed by atoms with van der Waals surface area (Å²) in [5, 5.41) is 9.52. The number of carbonyl (C=O) groups is 2. The van der Waals surface area contributed by atoms with Crippen LogP contribution in [-0.2, 0) is 4.79 Å². The molecule has 23 heavy (non-hydrogen) atoms. The van der Waals surface area contributed by atoms with Crippen LogP contribution in [0, 0.1) is 0 Å². The van der Waals surface area contributed by atoms with Gasteiger partial charge in [-0.3, -0.25) is 9.59 Å². The van der Waals surface area contributed by atoms with E-state index in [1.165, 1.54) is 0 Å². The van der Waals surface area contributed by atoms with Crippen LogP contribution in [-0.4, -0.2) is 24.9 Å². The highest BCUT2D eigenvalue weighted by atomic mass is 32.1. The summed E-state index contributed by atoms with van der Waals surface area (Å²) in [4.78, 5) is 23.8. The molecule has 5 heteroatoms. The Kier molecular flexibility index (Phi) is 6.81. The summed E-state index contributed by atoms with van der Waals surface area (Å²) in [5.74, 6) is -0.380. The van der Waals surface area contributed by atoms with Gasteiger partial charge < -0.3 is 10.6 Å². The van der Waals surface area contributed by atoms with E-state index in [0.29, 0.717) is 12.1 Å². The summed E-state index contributed by atoms with van der Waals surface area (Å²) in [6.45, 7) is 2.79. The zero-order chi connectivity index (χ0) is 16.5. The predicted octanol–water partition coefficient (Wildman–Crippen LogP) is 3.45. The first-order chi connectivity index (χ1) is 11.2. The van der Waals surface area contributed by atoms with Crippen molar-refractivity contribution in [3.05, 3.63) is 46.7 Å². The smallest absolute Gasteiger partial charge is 0.251 e. The summed E-state index contributed by atoms with van der Waals surface area (Å²) in [6, 6.07) is 9.44. The summed E-state index contributed by atoms with van der Waals surface area (Å²) < 4.78 is 0. The van der Waals surface area contributed by atoms with E-state index >= 15 is 0 Å². The van der Waals surface area contributed by atoms with E-state index < -0.39 is 0 Å². The van der Waals surface area contributed by atoms with Crippen molar-refractivity contribution in [2.24, 2.45) is 0 Å². The molecule has 2 amide bonds. The van der Waals surface area contributed by atoms with Gasteiger partial charge in [0.15, 0.2) is 0 Å². The van der Waals surface area contributed by atoms with Gasteiger partial charge in [-0.05, 0) is 46.5 Å². The van der Waals surface area contributed by atoms with Gasteiger partial charge in [0.1, 0.15) is 0 Å². The molecule has 2 aromatic rings. The molecule has 0 aliphatic rings. The van der Waals surface area contributed by atoms with Crippen molar-refractivity contribution in [3.63, 3.8) is 0 Å². The van der Waals surface area contributed by atoms with Gasteiger partial charge in [0, 0.05) is 12.1 Å². The van der Waals surface area contributed by atoms with Crippen LogP contribution in [0.5, 0.6) is 0 Å². The van der Waals surface area contributed by atoms with Crippen molar-refractivity contribution in [1.82, 2.24) is 10.6 Å². The number of rotatable bonds is 8. The molecule has 4 nitrogen and oxygen atoms in total. The Morgan fingerprint density at radius 1 is 1.09 bits per heavy atom. The standard InChI is InChI=1S/C18H22N2O2S/c1-2-3-4-9-19-17(21)12-20-18(22)15-7-5-6-14(11-15)16-8-10-23-13-16/h5-8,10-11,13H,2-4,9,12H2,1H3,(H,19,21)(H,20,22). The van der Waals surface area contributed by atoms with E-state index in [1.54, 1.807) is 17.4 Å². The molecule has 1 aromatic carbocycles. The third-order valence-electron chi connectivity index (χ3n) is 3.49. The molecule has 1 aromatic heterocycles. The summed E-state index contributed by atoms with van der Waals surface area (Å²) >= 11 is 1.62. The predicted molar refractivity (Wildman–Crippen MR) is 94.6 cm³/mol. The molecule has 0 bridgehead atoms.